The van der Waals surface area contributed by atoms with Crippen LogP contribution in [0.1, 0.15) is 6.92 Å². The summed E-state index contributed by atoms with van der Waals surface area (Å²) in [6.07, 6.45) is 5.20. The van der Waals surface area contributed by atoms with E-state index in [9.17, 15) is 0 Å². The summed E-state index contributed by atoms with van der Waals surface area (Å²) in [4.78, 5) is 0. The molecule has 2 nitrogen and oxygen atoms in total. The minimum Gasteiger partial charge on any atom is -0.475 e. The fourth-order valence-corrected chi connectivity index (χ4v) is 0.559. The van der Waals surface area contributed by atoms with Gasteiger partial charge in [0, 0.05) is 0 Å². The molecule has 2 heteroatoms. The van der Waals surface area contributed by atoms with E-state index >= 15 is 0 Å². The third-order valence-electron chi connectivity index (χ3n) is 1.34. The summed E-state index contributed by atoms with van der Waals surface area (Å²) in [5.74, 6) is 0. The Labute approximate surface area is 54.8 Å². The Kier molecular flexibility index (Phi) is 1.58. The van der Waals surface area contributed by atoms with Crippen molar-refractivity contribution in [1.29, 1.82) is 0 Å². The minimum absolute atomic E-state index is 0.318. The van der Waals surface area contributed by atoms with Gasteiger partial charge < -0.3 is 9.47 Å². The molecule has 0 saturated carbocycles. The van der Waals surface area contributed by atoms with Crippen molar-refractivity contribution in [3.63, 3.8) is 0 Å². The van der Waals surface area contributed by atoms with Crippen LogP contribution in [0.25, 0.3) is 0 Å². The van der Waals surface area contributed by atoms with Crippen molar-refractivity contribution in [2.45, 2.75) is 12.5 Å². The van der Waals surface area contributed by atoms with Crippen molar-refractivity contribution < 1.29 is 9.47 Å². The highest BCUT2D eigenvalue weighted by molar-refractivity contribution is 5.09. The fraction of sp³-hybridized carbons (Fsp3) is 0.429. The van der Waals surface area contributed by atoms with Crippen molar-refractivity contribution in [2.24, 2.45) is 0 Å². The molecule has 0 bridgehead atoms. The molecule has 0 aliphatic carbocycles. The van der Waals surface area contributed by atoms with Gasteiger partial charge in [-0.1, -0.05) is 12.7 Å². The Hall–Kier alpha value is -0.760. The van der Waals surface area contributed by atoms with Crippen molar-refractivity contribution in [3.05, 3.63) is 25.0 Å². The zero-order valence-corrected chi connectivity index (χ0v) is 5.46. The molecule has 1 unspecified atom stereocenters. The minimum atomic E-state index is -0.321. The molecule has 0 spiro atoms. The smallest absolute Gasteiger partial charge is 0.189 e. The number of hydrogen-bond acceptors (Lipinski definition) is 2. The van der Waals surface area contributed by atoms with Gasteiger partial charge in [0.05, 0.1) is 6.26 Å². The van der Waals surface area contributed by atoms with E-state index in [2.05, 4.69) is 6.58 Å². The Bertz CT molecular complexity index is 140. The highest BCUT2D eigenvalue weighted by Gasteiger charge is 2.19. The lowest BCUT2D eigenvalue weighted by molar-refractivity contribution is -0.0843. The average molecular weight is 126 g/mol. The summed E-state index contributed by atoms with van der Waals surface area (Å²) in [5.41, 5.74) is -0.321. The van der Waals surface area contributed by atoms with Gasteiger partial charge in [-0.3, -0.25) is 0 Å². The molecule has 0 saturated heterocycles. The Morgan fingerprint density at radius 1 is 1.78 bits per heavy atom. The maximum Gasteiger partial charge on any atom is 0.189 e. The molecule has 1 atom stereocenters. The van der Waals surface area contributed by atoms with Crippen LogP contribution in [0.2, 0.25) is 0 Å². The summed E-state index contributed by atoms with van der Waals surface area (Å²) in [6.45, 7) is 5.87. The zero-order chi connectivity index (χ0) is 6.74. The van der Waals surface area contributed by atoms with Crippen LogP contribution >= 0.6 is 0 Å². The molecule has 0 radical (unpaired) electrons. The molecule has 0 aromatic rings. The second-order valence-corrected chi connectivity index (χ2v) is 2.12. The summed E-state index contributed by atoms with van der Waals surface area (Å²) in [6, 6.07) is 0. The van der Waals surface area contributed by atoms with Gasteiger partial charge in [-0.05, 0) is 13.0 Å². The van der Waals surface area contributed by atoms with E-state index in [0.29, 0.717) is 6.79 Å². The maximum atomic E-state index is 5.19. The van der Waals surface area contributed by atoms with E-state index < -0.39 is 0 Å². The summed E-state index contributed by atoms with van der Waals surface area (Å²) in [7, 11) is 0. The van der Waals surface area contributed by atoms with Crippen LogP contribution in [0.15, 0.2) is 25.0 Å². The van der Waals surface area contributed by atoms with E-state index in [1.54, 1.807) is 12.3 Å². The van der Waals surface area contributed by atoms with Crippen LogP contribution in [-0.4, -0.2) is 12.4 Å². The SMILES string of the molecule is C=CC1(C)C=COCO1. The molecule has 0 aromatic carbocycles. The third kappa shape index (κ3) is 1.33. The summed E-state index contributed by atoms with van der Waals surface area (Å²) < 4.78 is 10.0. The molecular formula is C7H10O2. The van der Waals surface area contributed by atoms with Crippen LogP contribution in [0.4, 0.5) is 0 Å². The van der Waals surface area contributed by atoms with Gasteiger partial charge in [-0.2, -0.15) is 0 Å². The van der Waals surface area contributed by atoms with Crippen LogP contribution < -0.4 is 0 Å². The van der Waals surface area contributed by atoms with Gasteiger partial charge in [0.1, 0.15) is 5.60 Å². The maximum absolute atomic E-state index is 5.19. The summed E-state index contributed by atoms with van der Waals surface area (Å²) in [5, 5.41) is 0. The molecule has 50 valence electrons. The Morgan fingerprint density at radius 2 is 2.56 bits per heavy atom. The van der Waals surface area contributed by atoms with E-state index in [0.717, 1.165) is 0 Å². The number of rotatable bonds is 1. The molecule has 1 aliphatic heterocycles. The predicted octanol–water partition coefficient (Wildman–Crippen LogP) is 1.45. The van der Waals surface area contributed by atoms with Gasteiger partial charge in [0.25, 0.3) is 0 Å². The predicted molar refractivity (Wildman–Crippen MR) is 34.8 cm³/mol. The van der Waals surface area contributed by atoms with Crippen molar-refractivity contribution in [3.8, 4) is 0 Å². The molecule has 9 heavy (non-hydrogen) atoms. The largest absolute Gasteiger partial charge is 0.475 e. The molecule has 0 N–H and O–H groups in total. The quantitative estimate of drug-likeness (QED) is 0.495. The second-order valence-electron chi connectivity index (χ2n) is 2.12. The lowest BCUT2D eigenvalue weighted by Crippen LogP contribution is -2.26. The van der Waals surface area contributed by atoms with E-state index in [4.69, 9.17) is 9.47 Å². The fourth-order valence-electron chi connectivity index (χ4n) is 0.559. The first kappa shape index (κ1) is 6.36. The van der Waals surface area contributed by atoms with Gasteiger partial charge in [0.2, 0.25) is 0 Å². The standard InChI is InChI=1S/C7H10O2/c1-3-7(2)4-5-8-6-9-7/h3-5H,1,6H2,2H3. The van der Waals surface area contributed by atoms with Gasteiger partial charge in [-0.15, -0.1) is 0 Å². The van der Waals surface area contributed by atoms with Gasteiger partial charge in [0.15, 0.2) is 6.79 Å². The van der Waals surface area contributed by atoms with Crippen molar-refractivity contribution in [2.75, 3.05) is 6.79 Å². The molecule has 0 fully saturated rings. The van der Waals surface area contributed by atoms with E-state index in [1.165, 1.54) is 0 Å². The zero-order valence-electron chi connectivity index (χ0n) is 5.46. The highest BCUT2D eigenvalue weighted by Crippen LogP contribution is 2.16. The third-order valence-corrected chi connectivity index (χ3v) is 1.34. The highest BCUT2D eigenvalue weighted by atomic mass is 16.7. The lowest BCUT2D eigenvalue weighted by atomic mass is 10.1. The number of ether oxygens (including phenoxy) is 2. The molecule has 1 aliphatic rings. The molecular weight excluding hydrogens is 116 g/mol. The van der Waals surface area contributed by atoms with Gasteiger partial charge in [-0.25, -0.2) is 0 Å². The van der Waals surface area contributed by atoms with Crippen molar-refractivity contribution in [1.82, 2.24) is 0 Å². The molecule has 0 aromatic heterocycles. The Balaban J connectivity index is 2.67. The van der Waals surface area contributed by atoms with Crippen LogP contribution in [0.5, 0.6) is 0 Å². The first-order chi connectivity index (χ1) is 4.27. The van der Waals surface area contributed by atoms with E-state index in [1.807, 2.05) is 13.0 Å². The lowest BCUT2D eigenvalue weighted by Gasteiger charge is -2.24. The monoisotopic (exact) mass is 126 g/mol. The first-order valence-electron chi connectivity index (χ1n) is 2.84. The molecule has 1 rings (SSSR count). The van der Waals surface area contributed by atoms with E-state index in [-0.39, 0.29) is 5.60 Å². The number of hydrogen-bond donors (Lipinski definition) is 0. The van der Waals surface area contributed by atoms with Crippen molar-refractivity contribution >= 4 is 0 Å². The topological polar surface area (TPSA) is 18.5 Å². The molecule has 1 heterocycles. The molecule has 0 amide bonds. The second kappa shape index (κ2) is 2.23. The van der Waals surface area contributed by atoms with Gasteiger partial charge >= 0.3 is 0 Å². The first-order valence-corrected chi connectivity index (χ1v) is 2.84. The summed E-state index contributed by atoms with van der Waals surface area (Å²) >= 11 is 0. The van der Waals surface area contributed by atoms with Crippen LogP contribution in [-0.2, 0) is 9.47 Å². The van der Waals surface area contributed by atoms with Crippen LogP contribution in [0, 0.1) is 0 Å². The Morgan fingerprint density at radius 3 is 2.89 bits per heavy atom. The average Bonchev–Trinajstić information content (AvgIpc) is 1.90. The van der Waals surface area contributed by atoms with Crippen LogP contribution in [0.3, 0.4) is 0 Å². The normalized spacial score (nSPS) is 33.4.